The number of likely N-dealkylation sites (N-methyl/N-ethyl adjacent to an activating group) is 1. The lowest BCUT2D eigenvalue weighted by Crippen LogP contribution is -2.30. The zero-order valence-electron chi connectivity index (χ0n) is 9.84. The van der Waals surface area contributed by atoms with Gasteiger partial charge in [0.2, 0.25) is 0 Å². The number of rotatable bonds is 5. The first-order valence-corrected chi connectivity index (χ1v) is 5.33. The van der Waals surface area contributed by atoms with Crippen LogP contribution in [0.4, 0.5) is 5.82 Å². The molecule has 0 radical (unpaired) electrons. The van der Waals surface area contributed by atoms with Crippen molar-refractivity contribution in [2.45, 2.75) is 26.7 Å². The van der Waals surface area contributed by atoms with Gasteiger partial charge in [0.25, 0.3) is 0 Å². The van der Waals surface area contributed by atoms with Gasteiger partial charge in [0, 0.05) is 18.3 Å². The van der Waals surface area contributed by atoms with Crippen molar-refractivity contribution < 1.29 is 9.90 Å². The predicted octanol–water partition coefficient (Wildman–Crippen LogP) is 1.51. The average molecular weight is 223 g/mol. The molecule has 1 N–H and O–H groups in total. The molecule has 1 aromatic heterocycles. The van der Waals surface area contributed by atoms with Gasteiger partial charge in [0.1, 0.15) is 18.7 Å². The van der Waals surface area contributed by atoms with Crippen LogP contribution in [0.2, 0.25) is 0 Å². The minimum atomic E-state index is -0.855. The molecule has 0 atom stereocenters. The minimum absolute atomic E-state index is 0.0367. The van der Waals surface area contributed by atoms with E-state index in [1.54, 1.807) is 4.90 Å². The molecule has 88 valence electrons. The number of hydrogen-bond donors (Lipinski definition) is 1. The van der Waals surface area contributed by atoms with Crippen molar-refractivity contribution in [3.05, 3.63) is 18.1 Å². The maximum atomic E-state index is 10.7. The lowest BCUT2D eigenvalue weighted by Gasteiger charge is -2.20. The molecule has 0 saturated heterocycles. The van der Waals surface area contributed by atoms with Gasteiger partial charge in [-0.1, -0.05) is 13.8 Å². The second-order valence-electron chi connectivity index (χ2n) is 3.86. The fourth-order valence-electron chi connectivity index (χ4n) is 1.37. The molecule has 0 unspecified atom stereocenters. The Bertz CT molecular complexity index is 366. The molecule has 1 heterocycles. The van der Waals surface area contributed by atoms with Crippen LogP contribution in [-0.4, -0.2) is 34.1 Å². The lowest BCUT2D eigenvalue weighted by atomic mass is 10.1. The molecule has 0 aliphatic carbocycles. The first kappa shape index (κ1) is 12.4. The summed E-state index contributed by atoms with van der Waals surface area (Å²) in [7, 11) is 0. The predicted molar refractivity (Wildman–Crippen MR) is 61.6 cm³/mol. The Balaban J connectivity index is 2.92. The standard InChI is InChI=1S/C11H17N3O2/c1-4-14(6-11(15)16)10-5-9(8(2)3)12-7-13-10/h5,7-8H,4,6H2,1-3H3,(H,15,16). The van der Waals surface area contributed by atoms with Crippen LogP contribution in [0.3, 0.4) is 0 Å². The van der Waals surface area contributed by atoms with Gasteiger partial charge in [-0.15, -0.1) is 0 Å². The quantitative estimate of drug-likeness (QED) is 0.819. The molecule has 1 rings (SSSR count). The normalized spacial score (nSPS) is 10.5. The van der Waals surface area contributed by atoms with Crippen molar-refractivity contribution in [3.63, 3.8) is 0 Å². The van der Waals surface area contributed by atoms with Gasteiger partial charge in [0.05, 0.1) is 0 Å². The minimum Gasteiger partial charge on any atom is -0.480 e. The molecule has 0 bridgehead atoms. The molecule has 0 aliphatic rings. The first-order valence-electron chi connectivity index (χ1n) is 5.33. The third kappa shape index (κ3) is 3.18. The van der Waals surface area contributed by atoms with E-state index < -0.39 is 5.97 Å². The Kier molecular flexibility index (Phi) is 4.22. The third-order valence-electron chi connectivity index (χ3n) is 2.30. The highest BCUT2D eigenvalue weighted by atomic mass is 16.4. The topological polar surface area (TPSA) is 66.3 Å². The number of anilines is 1. The highest BCUT2D eigenvalue weighted by molar-refractivity contribution is 5.73. The maximum absolute atomic E-state index is 10.7. The van der Waals surface area contributed by atoms with E-state index in [9.17, 15) is 4.79 Å². The molecule has 0 spiro atoms. The largest absolute Gasteiger partial charge is 0.480 e. The van der Waals surface area contributed by atoms with Crippen LogP contribution in [0.15, 0.2) is 12.4 Å². The van der Waals surface area contributed by atoms with Crippen LogP contribution in [0, 0.1) is 0 Å². The van der Waals surface area contributed by atoms with E-state index in [0.717, 1.165) is 5.69 Å². The van der Waals surface area contributed by atoms with E-state index in [0.29, 0.717) is 18.3 Å². The summed E-state index contributed by atoms with van der Waals surface area (Å²) < 4.78 is 0. The Morgan fingerprint density at radius 1 is 1.50 bits per heavy atom. The van der Waals surface area contributed by atoms with Crippen molar-refractivity contribution in [3.8, 4) is 0 Å². The maximum Gasteiger partial charge on any atom is 0.323 e. The molecule has 0 aliphatic heterocycles. The fraction of sp³-hybridized carbons (Fsp3) is 0.545. The summed E-state index contributed by atoms with van der Waals surface area (Å²) in [5.74, 6) is 0.125. The van der Waals surface area contributed by atoms with Crippen molar-refractivity contribution in [2.75, 3.05) is 18.0 Å². The van der Waals surface area contributed by atoms with Crippen LogP contribution in [0.25, 0.3) is 0 Å². The molecule has 16 heavy (non-hydrogen) atoms. The van der Waals surface area contributed by atoms with Gasteiger partial charge in [-0.25, -0.2) is 9.97 Å². The molecule has 5 heteroatoms. The highest BCUT2D eigenvalue weighted by Crippen LogP contribution is 2.16. The molecule has 0 saturated carbocycles. The van der Waals surface area contributed by atoms with Crippen LogP contribution >= 0.6 is 0 Å². The highest BCUT2D eigenvalue weighted by Gasteiger charge is 2.11. The number of carboxylic acids is 1. The van der Waals surface area contributed by atoms with E-state index >= 15 is 0 Å². The summed E-state index contributed by atoms with van der Waals surface area (Å²) in [6.07, 6.45) is 1.48. The Hall–Kier alpha value is -1.65. The van der Waals surface area contributed by atoms with Gasteiger partial charge in [-0.2, -0.15) is 0 Å². The zero-order chi connectivity index (χ0) is 12.1. The molecule has 1 aromatic rings. The lowest BCUT2D eigenvalue weighted by molar-refractivity contribution is -0.135. The average Bonchev–Trinajstić information content (AvgIpc) is 2.25. The van der Waals surface area contributed by atoms with Crippen LogP contribution in [0.5, 0.6) is 0 Å². The second kappa shape index (κ2) is 5.44. The summed E-state index contributed by atoms with van der Waals surface area (Å²) in [4.78, 5) is 20.6. The second-order valence-corrected chi connectivity index (χ2v) is 3.86. The van der Waals surface area contributed by atoms with E-state index in [-0.39, 0.29) is 6.54 Å². The molecule has 0 amide bonds. The number of aromatic nitrogens is 2. The van der Waals surface area contributed by atoms with Crippen molar-refractivity contribution >= 4 is 11.8 Å². The summed E-state index contributed by atoms with van der Waals surface area (Å²) in [5.41, 5.74) is 0.925. The Morgan fingerprint density at radius 3 is 2.69 bits per heavy atom. The summed E-state index contributed by atoms with van der Waals surface area (Å²) >= 11 is 0. The zero-order valence-corrected chi connectivity index (χ0v) is 9.84. The van der Waals surface area contributed by atoms with Gasteiger partial charge in [-0.05, 0) is 12.8 Å². The van der Waals surface area contributed by atoms with E-state index in [4.69, 9.17) is 5.11 Å². The third-order valence-corrected chi connectivity index (χ3v) is 2.30. The van der Waals surface area contributed by atoms with Crippen molar-refractivity contribution in [1.29, 1.82) is 0 Å². The molecular formula is C11H17N3O2. The number of aliphatic carboxylic acids is 1. The van der Waals surface area contributed by atoms with E-state index in [2.05, 4.69) is 9.97 Å². The van der Waals surface area contributed by atoms with Gasteiger partial charge in [0.15, 0.2) is 0 Å². The number of carboxylic acid groups (broad SMARTS) is 1. The molecule has 0 fully saturated rings. The number of hydrogen-bond acceptors (Lipinski definition) is 4. The van der Waals surface area contributed by atoms with Crippen LogP contribution < -0.4 is 4.90 Å². The van der Waals surface area contributed by atoms with Gasteiger partial charge < -0.3 is 10.0 Å². The van der Waals surface area contributed by atoms with Crippen LogP contribution in [-0.2, 0) is 4.79 Å². The number of carbonyl (C=O) groups is 1. The molecular weight excluding hydrogens is 206 g/mol. The first-order chi connectivity index (χ1) is 7.54. The molecule has 5 nitrogen and oxygen atoms in total. The fourth-order valence-corrected chi connectivity index (χ4v) is 1.37. The smallest absolute Gasteiger partial charge is 0.323 e. The van der Waals surface area contributed by atoms with Gasteiger partial charge >= 0.3 is 5.97 Å². The van der Waals surface area contributed by atoms with E-state index in [1.807, 2.05) is 26.8 Å². The van der Waals surface area contributed by atoms with Gasteiger partial charge in [-0.3, -0.25) is 4.79 Å². The van der Waals surface area contributed by atoms with Crippen molar-refractivity contribution in [2.24, 2.45) is 0 Å². The van der Waals surface area contributed by atoms with E-state index in [1.165, 1.54) is 6.33 Å². The molecule has 0 aromatic carbocycles. The summed E-state index contributed by atoms with van der Waals surface area (Å²) in [5, 5.41) is 8.77. The Labute approximate surface area is 95.1 Å². The van der Waals surface area contributed by atoms with Crippen molar-refractivity contribution in [1.82, 2.24) is 9.97 Å². The SMILES string of the molecule is CCN(CC(=O)O)c1cc(C(C)C)ncn1. The summed E-state index contributed by atoms with van der Waals surface area (Å²) in [6, 6.07) is 1.84. The monoisotopic (exact) mass is 223 g/mol. The Morgan fingerprint density at radius 2 is 2.19 bits per heavy atom. The summed E-state index contributed by atoms with van der Waals surface area (Å²) in [6.45, 7) is 6.56. The number of nitrogens with zero attached hydrogens (tertiary/aromatic N) is 3. The van der Waals surface area contributed by atoms with Crippen LogP contribution in [0.1, 0.15) is 32.4 Å².